The summed E-state index contributed by atoms with van der Waals surface area (Å²) in [5.41, 5.74) is 0.647. The smallest absolute Gasteiger partial charge is 0.315 e. The van der Waals surface area contributed by atoms with Gasteiger partial charge in [-0.2, -0.15) is 10.4 Å². The number of nitriles is 1. The van der Waals surface area contributed by atoms with E-state index in [-0.39, 0.29) is 11.4 Å². The number of benzene rings is 2. The highest BCUT2D eigenvalue weighted by atomic mass is 16.6. The van der Waals surface area contributed by atoms with Crippen molar-refractivity contribution in [2.45, 2.75) is 0 Å². The van der Waals surface area contributed by atoms with E-state index in [1.165, 1.54) is 4.68 Å². The van der Waals surface area contributed by atoms with Crippen LogP contribution in [0.2, 0.25) is 0 Å². The van der Waals surface area contributed by atoms with Crippen molar-refractivity contribution in [3.63, 3.8) is 0 Å². The molecule has 1 aromatic heterocycles. The highest BCUT2D eigenvalue weighted by Crippen LogP contribution is 2.38. The van der Waals surface area contributed by atoms with Gasteiger partial charge in [0.05, 0.1) is 16.6 Å². The van der Waals surface area contributed by atoms with Gasteiger partial charge in [-0.15, -0.1) is 0 Å². The third-order valence-corrected chi connectivity index (χ3v) is 3.54. The molecule has 2 aromatic carbocycles. The Morgan fingerprint density at radius 3 is 2.68 bits per heavy atom. The van der Waals surface area contributed by atoms with Gasteiger partial charge in [-0.05, 0) is 18.2 Å². The lowest BCUT2D eigenvalue weighted by molar-refractivity contribution is -0.385. The molecule has 9 nitrogen and oxygen atoms in total. The summed E-state index contributed by atoms with van der Waals surface area (Å²) in [6.45, 7) is 0. The van der Waals surface area contributed by atoms with Crippen LogP contribution >= 0.6 is 0 Å². The molecule has 1 heterocycles. The molecule has 0 atom stereocenters. The van der Waals surface area contributed by atoms with Gasteiger partial charge in [0.1, 0.15) is 0 Å². The summed E-state index contributed by atoms with van der Waals surface area (Å²) in [7, 11) is 1.64. The zero-order valence-electron chi connectivity index (χ0n) is 12.9. The van der Waals surface area contributed by atoms with Gasteiger partial charge in [0.25, 0.3) is 0 Å². The Bertz CT molecular complexity index is 1040. The van der Waals surface area contributed by atoms with Crippen LogP contribution in [0.3, 0.4) is 0 Å². The Kier molecular flexibility index (Phi) is 3.79. The summed E-state index contributed by atoms with van der Waals surface area (Å²) < 4.78 is 1.46. The predicted octanol–water partition coefficient (Wildman–Crippen LogP) is 2.34. The van der Waals surface area contributed by atoms with Crippen LogP contribution < -0.4 is 0 Å². The van der Waals surface area contributed by atoms with Crippen LogP contribution in [-0.4, -0.2) is 29.9 Å². The summed E-state index contributed by atoms with van der Waals surface area (Å²) in [4.78, 5) is 14.5. The van der Waals surface area contributed by atoms with E-state index in [1.54, 1.807) is 31.3 Å². The van der Waals surface area contributed by atoms with Crippen molar-refractivity contribution >= 4 is 5.69 Å². The van der Waals surface area contributed by atoms with Gasteiger partial charge >= 0.3 is 5.69 Å². The van der Waals surface area contributed by atoms with Crippen LogP contribution in [0.15, 0.2) is 36.4 Å². The molecule has 25 heavy (non-hydrogen) atoms. The fourth-order valence-corrected chi connectivity index (χ4v) is 2.36. The van der Waals surface area contributed by atoms with E-state index in [0.29, 0.717) is 17.0 Å². The summed E-state index contributed by atoms with van der Waals surface area (Å²) >= 11 is 0. The monoisotopic (exact) mass is 337 g/mol. The highest BCUT2D eigenvalue weighted by Gasteiger charge is 2.22. The number of rotatable bonds is 3. The number of nitro benzene ring substituents is 1. The van der Waals surface area contributed by atoms with Crippen LogP contribution in [0, 0.1) is 21.4 Å². The lowest BCUT2D eigenvalue weighted by Crippen LogP contribution is -1.94. The number of hydrogen-bond acceptors (Lipinski definition) is 7. The third-order valence-electron chi connectivity index (χ3n) is 3.54. The number of aromatic hydroxyl groups is 2. The Morgan fingerprint density at radius 1 is 1.24 bits per heavy atom. The second-order valence-electron chi connectivity index (χ2n) is 5.20. The molecule has 0 unspecified atom stereocenters. The van der Waals surface area contributed by atoms with E-state index in [1.807, 2.05) is 6.07 Å². The molecule has 2 N–H and O–H groups in total. The zero-order valence-corrected chi connectivity index (χ0v) is 12.9. The van der Waals surface area contributed by atoms with Crippen LogP contribution in [0.25, 0.3) is 22.8 Å². The molecule has 3 aromatic rings. The molecule has 0 spiro atoms. The second kappa shape index (κ2) is 5.93. The van der Waals surface area contributed by atoms with Gasteiger partial charge in [-0.3, -0.25) is 10.1 Å². The number of nitrogens with zero attached hydrogens (tertiary/aromatic N) is 5. The van der Waals surface area contributed by atoms with Crippen LogP contribution in [0.5, 0.6) is 11.5 Å². The number of nitro groups is 1. The molecule has 0 saturated carbocycles. The van der Waals surface area contributed by atoms with Gasteiger partial charge in [0.2, 0.25) is 5.75 Å². The summed E-state index contributed by atoms with van der Waals surface area (Å²) in [5, 5.41) is 43.4. The van der Waals surface area contributed by atoms with Gasteiger partial charge in [0.15, 0.2) is 17.4 Å². The van der Waals surface area contributed by atoms with Gasteiger partial charge in [-0.25, -0.2) is 9.67 Å². The molecule has 124 valence electrons. The average Bonchev–Trinajstić information content (AvgIpc) is 2.98. The van der Waals surface area contributed by atoms with E-state index < -0.39 is 22.1 Å². The highest BCUT2D eigenvalue weighted by molar-refractivity contribution is 5.70. The topological polar surface area (TPSA) is 138 Å². The van der Waals surface area contributed by atoms with E-state index in [4.69, 9.17) is 5.26 Å². The number of aryl methyl sites for hydroxylation is 1. The van der Waals surface area contributed by atoms with E-state index in [0.717, 1.165) is 12.1 Å². The molecule has 0 amide bonds. The number of hydrogen-bond donors (Lipinski definition) is 2. The number of aromatic nitrogens is 3. The van der Waals surface area contributed by atoms with E-state index >= 15 is 0 Å². The largest absolute Gasteiger partial charge is 0.504 e. The molecular formula is C16H11N5O4. The summed E-state index contributed by atoms with van der Waals surface area (Å²) in [5.74, 6) is -0.864. The SMILES string of the molecule is Cn1nc(-c2cc(O)c(O)c([N+](=O)[O-])c2)nc1-c1cccc(C#N)c1. The van der Waals surface area contributed by atoms with Crippen molar-refractivity contribution in [1.82, 2.24) is 14.8 Å². The molecule has 0 aliphatic heterocycles. The van der Waals surface area contributed by atoms with Crippen molar-refractivity contribution < 1.29 is 15.1 Å². The molecule has 0 fully saturated rings. The van der Waals surface area contributed by atoms with Crippen molar-refractivity contribution in [2.24, 2.45) is 7.05 Å². The Morgan fingerprint density at radius 2 is 2.00 bits per heavy atom. The molecule has 9 heteroatoms. The molecular weight excluding hydrogens is 326 g/mol. The zero-order chi connectivity index (χ0) is 18.1. The summed E-state index contributed by atoms with van der Waals surface area (Å²) in [6, 6.07) is 11.0. The lowest BCUT2D eigenvalue weighted by Gasteiger charge is -2.01. The van der Waals surface area contributed by atoms with E-state index in [9.17, 15) is 20.3 Å². The summed E-state index contributed by atoms with van der Waals surface area (Å²) in [6.07, 6.45) is 0. The second-order valence-corrected chi connectivity index (χ2v) is 5.20. The molecule has 0 bridgehead atoms. The maximum absolute atomic E-state index is 11.0. The maximum atomic E-state index is 11.0. The first-order valence-electron chi connectivity index (χ1n) is 7.03. The van der Waals surface area contributed by atoms with Crippen molar-refractivity contribution in [2.75, 3.05) is 0 Å². The van der Waals surface area contributed by atoms with Gasteiger partial charge < -0.3 is 10.2 Å². The Labute approximate surface area is 141 Å². The first-order valence-corrected chi connectivity index (χ1v) is 7.03. The average molecular weight is 337 g/mol. The fourth-order valence-electron chi connectivity index (χ4n) is 2.36. The Balaban J connectivity index is 2.12. The van der Waals surface area contributed by atoms with Crippen molar-refractivity contribution in [1.29, 1.82) is 5.26 Å². The van der Waals surface area contributed by atoms with Gasteiger partial charge in [0, 0.05) is 24.2 Å². The molecule has 0 aliphatic rings. The van der Waals surface area contributed by atoms with Crippen LogP contribution in [0.4, 0.5) is 5.69 Å². The molecule has 3 rings (SSSR count). The lowest BCUT2D eigenvalue weighted by atomic mass is 10.1. The van der Waals surface area contributed by atoms with Crippen molar-refractivity contribution in [3.8, 4) is 40.3 Å². The minimum Gasteiger partial charge on any atom is -0.504 e. The fraction of sp³-hybridized carbons (Fsp3) is 0.0625. The first kappa shape index (κ1) is 15.9. The quantitative estimate of drug-likeness (QED) is 0.425. The van der Waals surface area contributed by atoms with E-state index in [2.05, 4.69) is 10.1 Å². The minimum absolute atomic E-state index is 0.137. The predicted molar refractivity (Wildman–Crippen MR) is 86.6 cm³/mol. The first-order chi connectivity index (χ1) is 11.9. The maximum Gasteiger partial charge on any atom is 0.315 e. The van der Waals surface area contributed by atoms with Crippen LogP contribution in [0.1, 0.15) is 5.56 Å². The molecule has 0 radical (unpaired) electrons. The van der Waals surface area contributed by atoms with Gasteiger partial charge in [-0.1, -0.05) is 12.1 Å². The van der Waals surface area contributed by atoms with Crippen LogP contribution in [-0.2, 0) is 7.05 Å². The molecule has 0 aliphatic carbocycles. The normalized spacial score (nSPS) is 10.4. The number of phenols is 2. The minimum atomic E-state index is -0.813. The number of phenolic OH excluding ortho intramolecular Hbond substituents is 2. The molecule has 0 saturated heterocycles. The third kappa shape index (κ3) is 2.84. The Hall–Kier alpha value is -3.93. The standard InChI is InChI=1S/C16H11N5O4/c1-20-16(10-4-2-3-9(5-10)8-17)18-15(19-20)11-6-12(21(24)25)14(23)13(22)7-11/h2-7,22-23H,1H3. The van der Waals surface area contributed by atoms with Crippen molar-refractivity contribution in [3.05, 3.63) is 52.1 Å².